The van der Waals surface area contributed by atoms with Gasteiger partial charge in [0.1, 0.15) is 22.6 Å². The number of nitriles is 1. The Balaban J connectivity index is 1.43. The molecule has 5 rings (SSSR count). The van der Waals surface area contributed by atoms with E-state index in [1.54, 1.807) is 11.8 Å². The Bertz CT molecular complexity index is 1930. The number of ether oxygens (including phenoxy) is 4. The second kappa shape index (κ2) is 13.2. The van der Waals surface area contributed by atoms with E-state index in [4.69, 9.17) is 18.9 Å². The fraction of sp³-hybridized carbons (Fsp3) is 0.500. The van der Waals surface area contributed by atoms with Crippen molar-refractivity contribution in [3.05, 3.63) is 52.3 Å². The van der Waals surface area contributed by atoms with Gasteiger partial charge in [0.25, 0.3) is 5.56 Å². The first-order valence-corrected chi connectivity index (χ1v) is 16.9. The standard InChI is InChI=1S/C32H39FN6O8S/c1-7-37(5)48(42,43)36-23-9-8-22(33)27(21(23)17-34)46-25-11-10-24-26(28(25)44-6)29(40)39(19-35-24)20-16-32(45-18-20)12-14-38(15-13-32)30(41)47-31(2,3)4/h8-11,19-20,36H,7,12-16,18H2,1-6H3. The number of halogens is 1. The zero-order chi connectivity index (χ0) is 35.0. The van der Waals surface area contributed by atoms with Crippen LogP contribution in [-0.4, -0.2) is 84.9 Å². The van der Waals surface area contributed by atoms with E-state index in [0.717, 1.165) is 16.4 Å². The molecular formula is C32H39FN6O8S. The summed E-state index contributed by atoms with van der Waals surface area (Å²) in [5, 5.41) is 9.98. The third-order valence-electron chi connectivity index (χ3n) is 8.51. The van der Waals surface area contributed by atoms with E-state index >= 15 is 4.39 Å². The number of piperidine rings is 1. The maximum absolute atomic E-state index is 15.1. The molecule has 3 heterocycles. The number of carbonyl (C=O) groups excluding carboxylic acids is 1. The number of likely N-dealkylation sites (tertiary alicyclic amines) is 1. The Labute approximate surface area is 278 Å². The van der Waals surface area contributed by atoms with Crippen LogP contribution >= 0.6 is 0 Å². The van der Waals surface area contributed by atoms with Crippen LogP contribution in [0.3, 0.4) is 0 Å². The number of carbonyl (C=O) groups is 1. The fourth-order valence-electron chi connectivity index (χ4n) is 5.84. The van der Waals surface area contributed by atoms with Crippen LogP contribution in [0.15, 0.2) is 35.4 Å². The largest absolute Gasteiger partial charge is 0.492 e. The molecule has 0 saturated carbocycles. The highest BCUT2D eigenvalue weighted by atomic mass is 32.2. The molecule has 0 bridgehead atoms. The molecule has 0 radical (unpaired) electrons. The smallest absolute Gasteiger partial charge is 0.410 e. The molecule has 2 aliphatic heterocycles. The summed E-state index contributed by atoms with van der Waals surface area (Å²) in [6.45, 7) is 8.42. The topological polar surface area (TPSA) is 165 Å². The van der Waals surface area contributed by atoms with Crippen molar-refractivity contribution in [1.82, 2.24) is 18.8 Å². The first kappa shape index (κ1) is 34.9. The number of amides is 1. The van der Waals surface area contributed by atoms with Gasteiger partial charge in [-0.1, -0.05) is 6.92 Å². The lowest BCUT2D eigenvalue weighted by molar-refractivity contribution is -0.0486. The SMILES string of the molecule is CCN(C)S(=O)(=O)Nc1ccc(F)c(Oc2ccc3ncn(C4COC5(CCN(C(=O)OC(C)(C)C)CC5)C4)c(=O)c3c2OC)c1C#N. The zero-order valence-electron chi connectivity index (χ0n) is 27.7. The number of nitrogens with one attached hydrogen (secondary N) is 1. The number of anilines is 1. The van der Waals surface area contributed by atoms with Gasteiger partial charge in [0.2, 0.25) is 0 Å². The van der Waals surface area contributed by atoms with Crippen LogP contribution in [0.2, 0.25) is 0 Å². The quantitative estimate of drug-likeness (QED) is 0.355. The second-order valence-electron chi connectivity index (χ2n) is 12.8. The summed E-state index contributed by atoms with van der Waals surface area (Å²) in [6, 6.07) is 6.48. The van der Waals surface area contributed by atoms with Crippen molar-refractivity contribution in [2.75, 3.05) is 45.1 Å². The Morgan fingerprint density at radius 3 is 2.56 bits per heavy atom. The van der Waals surface area contributed by atoms with E-state index in [1.807, 2.05) is 26.8 Å². The molecule has 1 aromatic heterocycles. The highest BCUT2D eigenvalue weighted by Crippen LogP contribution is 2.42. The number of hydrogen-bond acceptors (Lipinski definition) is 10. The second-order valence-corrected chi connectivity index (χ2v) is 14.6. The van der Waals surface area contributed by atoms with Crippen molar-refractivity contribution in [3.63, 3.8) is 0 Å². The van der Waals surface area contributed by atoms with E-state index in [9.17, 15) is 23.3 Å². The van der Waals surface area contributed by atoms with Crippen LogP contribution in [0.5, 0.6) is 17.2 Å². The lowest BCUT2D eigenvalue weighted by atomic mass is 9.87. The minimum Gasteiger partial charge on any atom is -0.492 e. The molecule has 2 fully saturated rings. The van der Waals surface area contributed by atoms with Crippen molar-refractivity contribution < 1.29 is 36.6 Å². The molecule has 48 heavy (non-hydrogen) atoms. The third-order valence-corrected chi connectivity index (χ3v) is 10.1. The predicted molar refractivity (Wildman–Crippen MR) is 174 cm³/mol. The van der Waals surface area contributed by atoms with E-state index < -0.39 is 44.1 Å². The summed E-state index contributed by atoms with van der Waals surface area (Å²) in [6.07, 6.45) is 2.76. The zero-order valence-corrected chi connectivity index (χ0v) is 28.5. The van der Waals surface area contributed by atoms with Crippen LogP contribution < -0.4 is 19.8 Å². The van der Waals surface area contributed by atoms with Gasteiger partial charge < -0.3 is 23.8 Å². The lowest BCUT2D eigenvalue weighted by Gasteiger charge is -2.39. The summed E-state index contributed by atoms with van der Waals surface area (Å²) >= 11 is 0. The van der Waals surface area contributed by atoms with Crippen molar-refractivity contribution in [1.29, 1.82) is 5.26 Å². The molecule has 14 nitrogen and oxygen atoms in total. The number of aromatic nitrogens is 2. The predicted octanol–water partition coefficient (Wildman–Crippen LogP) is 4.55. The minimum atomic E-state index is -4.04. The van der Waals surface area contributed by atoms with Gasteiger partial charge in [-0.15, -0.1) is 0 Å². The van der Waals surface area contributed by atoms with Crippen LogP contribution in [0.4, 0.5) is 14.9 Å². The summed E-state index contributed by atoms with van der Waals surface area (Å²) in [5.41, 5.74) is -1.85. The first-order valence-electron chi connectivity index (χ1n) is 15.5. The molecular weight excluding hydrogens is 647 g/mol. The minimum absolute atomic E-state index is 0.0429. The molecule has 1 N–H and O–H groups in total. The highest BCUT2D eigenvalue weighted by molar-refractivity contribution is 7.90. The average molecular weight is 687 g/mol. The number of benzene rings is 2. The highest BCUT2D eigenvalue weighted by Gasteiger charge is 2.45. The Morgan fingerprint density at radius 1 is 1.23 bits per heavy atom. The molecule has 1 amide bonds. The van der Waals surface area contributed by atoms with Crippen molar-refractivity contribution in [3.8, 4) is 23.3 Å². The van der Waals surface area contributed by atoms with Crippen LogP contribution in [0, 0.1) is 17.1 Å². The van der Waals surface area contributed by atoms with Gasteiger partial charge in [-0.3, -0.25) is 14.1 Å². The van der Waals surface area contributed by atoms with E-state index in [2.05, 4.69) is 9.71 Å². The van der Waals surface area contributed by atoms with Crippen molar-refractivity contribution in [2.24, 2.45) is 0 Å². The number of rotatable bonds is 8. The molecule has 258 valence electrons. The lowest BCUT2D eigenvalue weighted by Crippen LogP contribution is -2.48. The molecule has 3 aromatic rings. The van der Waals surface area contributed by atoms with Crippen LogP contribution in [0.25, 0.3) is 10.9 Å². The third kappa shape index (κ3) is 6.89. The molecule has 0 aliphatic carbocycles. The van der Waals surface area contributed by atoms with Gasteiger partial charge >= 0.3 is 16.3 Å². The summed E-state index contributed by atoms with van der Waals surface area (Å²) in [7, 11) is -1.37. The summed E-state index contributed by atoms with van der Waals surface area (Å²) in [4.78, 5) is 32.7. The Morgan fingerprint density at radius 2 is 1.94 bits per heavy atom. The number of nitrogens with zero attached hydrogens (tertiary/aromatic N) is 5. The van der Waals surface area contributed by atoms with E-state index in [1.165, 1.54) is 37.2 Å². The molecule has 2 saturated heterocycles. The first-order chi connectivity index (χ1) is 22.6. The Kier molecular flexibility index (Phi) is 9.60. The van der Waals surface area contributed by atoms with Gasteiger partial charge in [-0.25, -0.2) is 14.2 Å². The van der Waals surface area contributed by atoms with Gasteiger partial charge in [-0.05, 0) is 64.3 Å². The summed E-state index contributed by atoms with van der Waals surface area (Å²) < 4.78 is 68.4. The molecule has 1 atom stereocenters. The van der Waals surface area contributed by atoms with Gasteiger partial charge in [-0.2, -0.15) is 18.0 Å². The normalized spacial score (nSPS) is 17.8. The molecule has 1 spiro atoms. The number of hydrogen-bond donors (Lipinski definition) is 1. The molecule has 1 unspecified atom stereocenters. The van der Waals surface area contributed by atoms with Gasteiger partial charge in [0, 0.05) is 26.7 Å². The average Bonchev–Trinajstić information content (AvgIpc) is 3.44. The van der Waals surface area contributed by atoms with E-state index in [-0.39, 0.29) is 47.9 Å². The van der Waals surface area contributed by atoms with Crippen LogP contribution in [-0.2, 0) is 19.7 Å². The number of methoxy groups -OCH3 is 1. The monoisotopic (exact) mass is 686 g/mol. The summed E-state index contributed by atoms with van der Waals surface area (Å²) in [5.74, 6) is -1.62. The Hall–Kier alpha value is -4.46. The molecule has 2 aromatic carbocycles. The van der Waals surface area contributed by atoms with Crippen molar-refractivity contribution in [2.45, 2.75) is 64.2 Å². The maximum Gasteiger partial charge on any atom is 0.410 e. The van der Waals surface area contributed by atoms with Gasteiger partial charge in [0.05, 0.1) is 42.9 Å². The fourth-order valence-corrected chi connectivity index (χ4v) is 6.78. The molecule has 16 heteroatoms. The number of fused-ring (bicyclic) bond motifs is 1. The van der Waals surface area contributed by atoms with E-state index in [0.29, 0.717) is 37.9 Å². The van der Waals surface area contributed by atoms with Gasteiger partial charge in [0.15, 0.2) is 23.1 Å². The maximum atomic E-state index is 15.1. The van der Waals surface area contributed by atoms with Crippen LogP contribution in [0.1, 0.15) is 58.6 Å². The van der Waals surface area contributed by atoms with Crippen molar-refractivity contribution >= 4 is 32.9 Å². The molecule has 2 aliphatic rings.